The molecule has 1 amide bonds. The first kappa shape index (κ1) is 18.4. The average molecular weight is 349 g/mol. The van der Waals surface area contributed by atoms with E-state index in [0.29, 0.717) is 19.6 Å². The van der Waals surface area contributed by atoms with Gasteiger partial charge in [0.2, 0.25) is 5.91 Å². The molecule has 1 unspecified atom stereocenters. The summed E-state index contributed by atoms with van der Waals surface area (Å²) in [4.78, 5) is 13.2. The molecule has 1 atom stereocenters. The number of benzene rings is 1. The molecular weight excluding hydrogens is 326 g/mol. The Hall–Kier alpha value is -1.89. The Morgan fingerprint density at radius 1 is 1.29 bits per heavy atom. The monoisotopic (exact) mass is 349 g/mol. The van der Waals surface area contributed by atoms with Gasteiger partial charge in [-0.1, -0.05) is 18.2 Å². The minimum absolute atomic E-state index is 0.0397. The van der Waals surface area contributed by atoms with Crippen LogP contribution in [0.2, 0.25) is 0 Å². The molecule has 6 heteroatoms. The van der Waals surface area contributed by atoms with Crippen molar-refractivity contribution >= 4 is 17.2 Å². The van der Waals surface area contributed by atoms with Crippen molar-refractivity contribution in [2.75, 3.05) is 26.4 Å². The molecule has 0 saturated carbocycles. The van der Waals surface area contributed by atoms with Gasteiger partial charge in [-0.15, -0.1) is 11.3 Å². The van der Waals surface area contributed by atoms with Crippen LogP contribution in [0.3, 0.4) is 0 Å². The molecule has 1 heterocycles. The van der Waals surface area contributed by atoms with E-state index in [9.17, 15) is 4.79 Å². The van der Waals surface area contributed by atoms with Crippen LogP contribution in [-0.2, 0) is 16.0 Å². The lowest BCUT2D eigenvalue weighted by Gasteiger charge is -2.17. The van der Waals surface area contributed by atoms with Crippen molar-refractivity contribution in [2.45, 2.75) is 19.4 Å². The van der Waals surface area contributed by atoms with Gasteiger partial charge in [-0.25, -0.2) is 0 Å². The molecule has 130 valence electrons. The maximum atomic E-state index is 12.1. The topological polar surface area (TPSA) is 67.8 Å². The van der Waals surface area contributed by atoms with Crippen LogP contribution in [0.5, 0.6) is 5.75 Å². The van der Waals surface area contributed by atoms with E-state index in [1.54, 1.807) is 11.3 Å². The second-order valence-corrected chi connectivity index (χ2v) is 6.14. The number of carbonyl (C=O) groups excluding carboxylic acids is 1. The van der Waals surface area contributed by atoms with Gasteiger partial charge in [0.1, 0.15) is 11.9 Å². The molecule has 2 aromatic rings. The average Bonchev–Trinajstić information content (AvgIpc) is 3.11. The zero-order chi connectivity index (χ0) is 17.2. The number of nitrogens with one attached hydrogen (secondary N) is 1. The third-order valence-corrected chi connectivity index (χ3v) is 4.32. The highest BCUT2D eigenvalue weighted by atomic mass is 32.1. The van der Waals surface area contributed by atoms with Gasteiger partial charge in [-0.3, -0.25) is 4.79 Å². The van der Waals surface area contributed by atoms with Crippen LogP contribution in [0, 0.1) is 0 Å². The lowest BCUT2D eigenvalue weighted by Crippen LogP contribution is -2.30. The Bertz CT molecular complexity index is 598. The van der Waals surface area contributed by atoms with Crippen molar-refractivity contribution in [1.82, 2.24) is 5.32 Å². The second-order valence-electron chi connectivity index (χ2n) is 5.16. The van der Waals surface area contributed by atoms with E-state index in [4.69, 9.17) is 14.6 Å². The predicted molar refractivity (Wildman–Crippen MR) is 94.4 cm³/mol. The fraction of sp³-hybridized carbons (Fsp3) is 0.389. The molecule has 0 aliphatic carbocycles. The van der Waals surface area contributed by atoms with Crippen LogP contribution in [0.25, 0.3) is 0 Å². The van der Waals surface area contributed by atoms with Crippen molar-refractivity contribution in [3.05, 3.63) is 52.2 Å². The van der Waals surface area contributed by atoms with Gasteiger partial charge < -0.3 is 19.9 Å². The Kier molecular flexibility index (Phi) is 7.74. The molecule has 0 saturated heterocycles. The largest absolute Gasteiger partial charge is 0.494 e. The van der Waals surface area contributed by atoms with Gasteiger partial charge >= 0.3 is 0 Å². The van der Waals surface area contributed by atoms with E-state index in [-0.39, 0.29) is 25.2 Å². The molecule has 0 radical (unpaired) electrons. The van der Waals surface area contributed by atoms with Gasteiger partial charge in [-0.05, 0) is 36.1 Å². The number of rotatable bonds is 10. The van der Waals surface area contributed by atoms with Gasteiger partial charge in [0, 0.05) is 11.4 Å². The van der Waals surface area contributed by atoms with Gasteiger partial charge in [-0.2, -0.15) is 0 Å². The third-order valence-electron chi connectivity index (χ3n) is 3.35. The number of hydrogen-bond acceptors (Lipinski definition) is 5. The van der Waals surface area contributed by atoms with Crippen molar-refractivity contribution in [3.63, 3.8) is 0 Å². The van der Waals surface area contributed by atoms with Crippen LogP contribution in [-0.4, -0.2) is 37.4 Å². The number of ether oxygens (including phenoxy) is 2. The Labute approximate surface area is 146 Å². The van der Waals surface area contributed by atoms with Crippen LogP contribution in [0.1, 0.15) is 23.5 Å². The van der Waals surface area contributed by atoms with E-state index >= 15 is 0 Å². The molecule has 0 bridgehead atoms. The first-order valence-electron chi connectivity index (χ1n) is 7.97. The summed E-state index contributed by atoms with van der Waals surface area (Å²) in [5, 5.41) is 13.8. The highest BCUT2D eigenvalue weighted by Gasteiger charge is 2.14. The molecule has 0 aliphatic rings. The molecule has 1 aromatic heterocycles. The van der Waals surface area contributed by atoms with Crippen LogP contribution in [0.15, 0.2) is 41.8 Å². The summed E-state index contributed by atoms with van der Waals surface area (Å²) in [6, 6.07) is 11.4. The number of aliphatic hydroxyl groups is 1. The second kappa shape index (κ2) is 10.1. The molecule has 1 aromatic carbocycles. The Morgan fingerprint density at radius 2 is 2.08 bits per heavy atom. The normalized spacial score (nSPS) is 11.9. The Balaban J connectivity index is 1.84. The summed E-state index contributed by atoms with van der Waals surface area (Å²) >= 11 is 1.57. The molecule has 0 fully saturated rings. The summed E-state index contributed by atoms with van der Waals surface area (Å²) in [6.45, 7) is 3.15. The van der Waals surface area contributed by atoms with Gasteiger partial charge in [0.15, 0.2) is 0 Å². The molecule has 2 N–H and O–H groups in total. The van der Waals surface area contributed by atoms with E-state index in [1.165, 1.54) is 0 Å². The molecule has 2 rings (SSSR count). The standard InChI is InChI=1S/C18H23NO4S/c1-2-22-15-7-5-14(6-8-15)12-18(21)19-13-16(23-10-9-20)17-4-3-11-24-17/h3-8,11,16,20H,2,9-10,12-13H2,1H3,(H,19,21). The van der Waals surface area contributed by atoms with Gasteiger partial charge in [0.25, 0.3) is 0 Å². The summed E-state index contributed by atoms with van der Waals surface area (Å²) in [6.07, 6.45) is 0.0743. The van der Waals surface area contributed by atoms with Crippen molar-refractivity contribution in [1.29, 1.82) is 0 Å². The van der Waals surface area contributed by atoms with E-state index in [0.717, 1.165) is 16.2 Å². The van der Waals surface area contributed by atoms with Crippen molar-refractivity contribution in [2.24, 2.45) is 0 Å². The number of thiophene rings is 1. The number of amides is 1. The third kappa shape index (κ3) is 5.96. The van der Waals surface area contributed by atoms with E-state index < -0.39 is 0 Å². The minimum Gasteiger partial charge on any atom is -0.494 e. The van der Waals surface area contributed by atoms with E-state index in [1.807, 2.05) is 48.7 Å². The minimum atomic E-state index is -0.235. The summed E-state index contributed by atoms with van der Waals surface area (Å²) in [7, 11) is 0. The highest BCUT2D eigenvalue weighted by Crippen LogP contribution is 2.21. The number of carbonyl (C=O) groups is 1. The fourth-order valence-electron chi connectivity index (χ4n) is 2.24. The van der Waals surface area contributed by atoms with E-state index in [2.05, 4.69) is 5.32 Å². The lowest BCUT2D eigenvalue weighted by molar-refractivity contribution is -0.121. The highest BCUT2D eigenvalue weighted by molar-refractivity contribution is 7.10. The fourth-order valence-corrected chi connectivity index (χ4v) is 3.01. The van der Waals surface area contributed by atoms with Crippen LogP contribution >= 0.6 is 11.3 Å². The summed E-state index contributed by atoms with van der Waals surface area (Å²) < 4.78 is 11.0. The maximum absolute atomic E-state index is 12.1. The lowest BCUT2D eigenvalue weighted by atomic mass is 10.1. The summed E-state index contributed by atoms with van der Waals surface area (Å²) in [5.74, 6) is 0.741. The molecular formula is C18H23NO4S. The predicted octanol–water partition coefficient (Wildman–Crippen LogP) is 2.56. The molecule has 0 spiro atoms. The maximum Gasteiger partial charge on any atom is 0.224 e. The first-order valence-corrected chi connectivity index (χ1v) is 8.85. The smallest absolute Gasteiger partial charge is 0.224 e. The zero-order valence-electron chi connectivity index (χ0n) is 13.7. The van der Waals surface area contributed by atoms with Gasteiger partial charge in [0.05, 0.1) is 26.2 Å². The van der Waals surface area contributed by atoms with Crippen molar-refractivity contribution < 1.29 is 19.4 Å². The first-order chi connectivity index (χ1) is 11.7. The molecule has 0 aliphatic heterocycles. The quantitative estimate of drug-likeness (QED) is 0.692. The number of aliphatic hydroxyl groups excluding tert-OH is 1. The Morgan fingerprint density at radius 3 is 2.71 bits per heavy atom. The summed E-state index contributed by atoms with van der Waals surface area (Å²) in [5.41, 5.74) is 0.930. The van der Waals surface area contributed by atoms with Crippen LogP contribution in [0.4, 0.5) is 0 Å². The molecule has 5 nitrogen and oxygen atoms in total. The van der Waals surface area contributed by atoms with Crippen LogP contribution < -0.4 is 10.1 Å². The van der Waals surface area contributed by atoms with Crippen molar-refractivity contribution in [3.8, 4) is 5.75 Å². The zero-order valence-corrected chi connectivity index (χ0v) is 14.6. The number of hydrogen-bond donors (Lipinski definition) is 2. The molecule has 24 heavy (non-hydrogen) atoms. The SMILES string of the molecule is CCOc1ccc(CC(=O)NCC(OCCO)c2cccs2)cc1.